The first-order valence-electron chi connectivity index (χ1n) is 39.2. The highest BCUT2D eigenvalue weighted by Crippen LogP contribution is 2.48. The molecule has 4 spiro atoms. The number of hydrogen-bond acceptors (Lipinski definition) is 28. The molecular formula is C86H81Cl2F5N20O12. The highest BCUT2D eigenvalue weighted by Gasteiger charge is 2.57. The van der Waals surface area contributed by atoms with Crippen LogP contribution in [0.3, 0.4) is 0 Å². The van der Waals surface area contributed by atoms with Gasteiger partial charge in [0.1, 0.15) is 99.9 Å². The van der Waals surface area contributed by atoms with Gasteiger partial charge in [0.25, 0.3) is 0 Å². The molecule has 0 bridgehead atoms. The van der Waals surface area contributed by atoms with E-state index in [1.54, 1.807) is 115 Å². The number of nitrogens with zero attached hydrogens (tertiary/aromatic N) is 16. The number of likely N-dealkylation sites (N-methyl/N-ethyl adjacent to an activating group) is 4. The zero-order valence-electron chi connectivity index (χ0n) is 69.0. The van der Waals surface area contributed by atoms with Gasteiger partial charge in [0.2, 0.25) is 0 Å². The number of carbonyl (C=O) groups excluding carboxylic acids is 4. The fourth-order valence-corrected chi connectivity index (χ4v) is 17.3. The second-order valence-electron chi connectivity index (χ2n) is 32.1. The van der Waals surface area contributed by atoms with Gasteiger partial charge in [-0.1, -0.05) is 41.4 Å². The van der Waals surface area contributed by atoms with Crippen molar-refractivity contribution in [1.29, 1.82) is 0 Å². The van der Waals surface area contributed by atoms with Crippen molar-refractivity contribution in [2.24, 2.45) is 0 Å². The lowest BCUT2D eigenvalue weighted by Gasteiger charge is -2.43. The van der Waals surface area contributed by atoms with Crippen LogP contribution in [-0.2, 0) is 18.9 Å². The van der Waals surface area contributed by atoms with Crippen LogP contribution in [-0.4, -0.2) is 241 Å². The van der Waals surface area contributed by atoms with Crippen LogP contribution >= 0.6 is 23.2 Å². The molecule has 0 saturated carbocycles. The molecule has 4 N–H and O–H groups in total. The van der Waals surface area contributed by atoms with Gasteiger partial charge in [-0.25, -0.2) is 81.0 Å². The van der Waals surface area contributed by atoms with Gasteiger partial charge in [0.15, 0.2) is 28.2 Å². The smallest absolute Gasteiger partial charge is 0.415 e. The second-order valence-corrected chi connectivity index (χ2v) is 32.9. The normalized spacial score (nSPS) is 17.6. The molecule has 0 unspecified atom stereocenters. The van der Waals surface area contributed by atoms with Crippen LogP contribution in [0.15, 0.2) is 141 Å². The number of fused-ring (bicyclic) bond motifs is 4. The summed E-state index contributed by atoms with van der Waals surface area (Å²) in [5.74, 6) is 0.397. The third-order valence-corrected chi connectivity index (χ3v) is 23.1. The molecule has 125 heavy (non-hydrogen) atoms. The van der Waals surface area contributed by atoms with Gasteiger partial charge in [0, 0.05) is 103 Å². The van der Waals surface area contributed by atoms with Crippen molar-refractivity contribution >= 4 is 160 Å². The number of rotatable bonds is 16. The predicted octanol–water partition coefficient (Wildman–Crippen LogP) is 14.7. The summed E-state index contributed by atoms with van der Waals surface area (Å²) in [7, 11) is 14.0. The maximum absolute atomic E-state index is 14.5. The minimum atomic E-state index is -0.939. The average molecular weight is 1750 g/mol. The van der Waals surface area contributed by atoms with E-state index in [4.69, 9.17) is 61.1 Å². The quantitative estimate of drug-likeness (QED) is 0.0397. The van der Waals surface area contributed by atoms with Crippen LogP contribution in [0.25, 0.3) is 43.6 Å². The summed E-state index contributed by atoms with van der Waals surface area (Å²) in [5.41, 5.74) is 4.55. The van der Waals surface area contributed by atoms with E-state index in [2.05, 4.69) is 80.7 Å². The maximum Gasteiger partial charge on any atom is 0.415 e. The van der Waals surface area contributed by atoms with Gasteiger partial charge in [-0.2, -0.15) is 0 Å². The molecule has 12 heterocycles. The lowest BCUT2D eigenvalue weighted by atomic mass is 9.95. The van der Waals surface area contributed by atoms with Crippen LogP contribution < -0.4 is 59.8 Å². The predicted molar refractivity (Wildman–Crippen MR) is 459 cm³/mol. The number of anilines is 12. The highest BCUT2D eigenvalue weighted by atomic mass is 35.5. The van der Waals surface area contributed by atoms with Gasteiger partial charge in [-0.05, 0) is 126 Å². The Morgan fingerprint density at radius 1 is 0.352 bits per heavy atom. The molecule has 20 rings (SSSR count). The fourth-order valence-electron chi connectivity index (χ4n) is 17.0. The number of carbonyl (C=O) groups is 4. The van der Waals surface area contributed by atoms with Crippen molar-refractivity contribution < 1.29 is 79.0 Å². The summed E-state index contributed by atoms with van der Waals surface area (Å²) in [6, 6.07) is 30.6. The van der Waals surface area contributed by atoms with E-state index < -0.39 is 69.3 Å². The molecule has 0 atom stereocenters. The Bertz CT molecular complexity index is 6160. The third kappa shape index (κ3) is 16.2. The number of amides is 4. The Morgan fingerprint density at radius 2 is 0.656 bits per heavy atom. The average Bonchev–Trinajstić information content (AvgIpc) is 1.61. The van der Waals surface area contributed by atoms with Gasteiger partial charge >= 0.3 is 24.4 Å². The van der Waals surface area contributed by atoms with Crippen LogP contribution in [0.4, 0.5) is 110 Å². The number of ether oxygens (including phenoxy) is 8. The van der Waals surface area contributed by atoms with E-state index in [9.17, 15) is 41.1 Å². The van der Waals surface area contributed by atoms with E-state index in [0.29, 0.717) is 207 Å². The Morgan fingerprint density at radius 3 is 0.968 bits per heavy atom. The van der Waals surface area contributed by atoms with Crippen LogP contribution in [0.2, 0.25) is 10.0 Å². The van der Waals surface area contributed by atoms with E-state index in [1.807, 2.05) is 41.2 Å². The van der Waals surface area contributed by atoms with Crippen molar-refractivity contribution in [3.8, 4) is 23.0 Å². The first-order chi connectivity index (χ1) is 59.9. The lowest BCUT2D eigenvalue weighted by Crippen LogP contribution is -2.62. The second kappa shape index (κ2) is 33.1. The van der Waals surface area contributed by atoms with Crippen LogP contribution in [0.1, 0.15) is 11.1 Å². The molecule has 8 aliphatic rings. The highest BCUT2D eigenvalue weighted by molar-refractivity contribution is 6.31. The van der Waals surface area contributed by atoms with Gasteiger partial charge in [-0.15, -0.1) is 0 Å². The van der Waals surface area contributed by atoms with Gasteiger partial charge < -0.3 is 59.2 Å². The largest absolute Gasteiger partial charge is 0.494 e. The summed E-state index contributed by atoms with van der Waals surface area (Å²) in [6.45, 7) is 10.6. The number of halogens is 7. The van der Waals surface area contributed by atoms with Crippen molar-refractivity contribution in [1.82, 2.24) is 59.5 Å². The topological polar surface area (TPSA) is 319 Å². The number of likely N-dealkylation sites (tertiary alicyclic amines) is 4. The number of hydrogen-bond donors (Lipinski definition) is 4. The molecule has 32 nitrogen and oxygen atoms in total. The molecule has 8 aliphatic heterocycles. The minimum Gasteiger partial charge on any atom is -0.494 e. The molecule has 4 aromatic heterocycles. The molecular weight excluding hydrogens is 1670 g/mol. The Hall–Kier alpha value is -13.3. The molecule has 12 aromatic rings. The molecule has 4 amide bonds. The summed E-state index contributed by atoms with van der Waals surface area (Å²) in [4.78, 5) is 99.5. The number of nitrogens with one attached hydrogen (secondary N) is 4. The zero-order chi connectivity index (χ0) is 87.9. The first-order valence-corrected chi connectivity index (χ1v) is 39.9. The third-order valence-electron chi connectivity index (χ3n) is 22.5. The van der Waals surface area contributed by atoms with E-state index in [0.717, 1.165) is 11.6 Å². The van der Waals surface area contributed by atoms with Crippen molar-refractivity contribution in [3.63, 3.8) is 0 Å². The van der Waals surface area contributed by atoms with Crippen molar-refractivity contribution in [3.05, 3.63) is 191 Å². The van der Waals surface area contributed by atoms with Gasteiger partial charge in [0.05, 0.1) is 122 Å². The van der Waals surface area contributed by atoms with Crippen molar-refractivity contribution in [2.45, 2.75) is 36.3 Å². The lowest BCUT2D eigenvalue weighted by molar-refractivity contribution is -0.0603. The molecule has 8 aromatic carbocycles. The van der Waals surface area contributed by atoms with Gasteiger partial charge in [-0.3, -0.25) is 39.2 Å². The van der Waals surface area contributed by atoms with Crippen LogP contribution in [0.5, 0.6) is 23.0 Å². The van der Waals surface area contributed by atoms with Crippen molar-refractivity contribution in [2.75, 3.05) is 176 Å². The minimum absolute atomic E-state index is 0.0502. The van der Waals surface area contributed by atoms with Crippen LogP contribution in [0, 0.1) is 42.9 Å². The molecule has 0 radical (unpaired) electrons. The van der Waals surface area contributed by atoms with E-state index >= 15 is 0 Å². The monoisotopic (exact) mass is 1750 g/mol. The number of benzene rings is 8. The summed E-state index contributed by atoms with van der Waals surface area (Å²) in [5, 5.41) is 14.0. The molecule has 8 fully saturated rings. The Kier molecular flexibility index (Phi) is 22.2. The molecule has 8 saturated heterocycles. The number of methoxy groups -OCH3 is 4. The van der Waals surface area contributed by atoms with E-state index in [1.165, 1.54) is 68.7 Å². The molecule has 646 valence electrons. The standard InChI is InChI=1S/2C22H22FN5O3.C21H18ClF2N5O3.C21H19ClFN5O3/c1-13-4-5-16(15(23)6-13)26-20-14-7-18(19(30-3)8-17(14)24-12-25-20)28-11-22(31-21(28)29)9-27(2)10-22;1-13-5-4-6-15(19(13)23)26-20-14-7-17(18(30-3)8-16(14)24-12-25-20)28-11-22(31-21(28)29)9-27(2)10-22;1-28-7-21(8-28)9-29(20(30)32-21)15-5-11-14(6-16(15)31-2)25-10-26-19(11)27-13-4-3-12(23)17(22)18(13)24;1-27-8-21(9-27)10-28(20(29)31-21)17-6-13-16(7-18(17)30-2)24-11-25-19(13)26-15-4-3-12(22)5-14(15)23/h2*4-8,12H,9-11H2,1-3H3,(H,24,25,26);3-6,10H,7-9H2,1-2H3,(H,25,26,27);3-7,11H,8-10H2,1-2H3,(H,24,25,26). The Labute approximate surface area is 721 Å². The number of aryl methyl sites for hydroxylation is 2. The maximum atomic E-state index is 14.5. The summed E-state index contributed by atoms with van der Waals surface area (Å²) < 4.78 is 116. The molecule has 39 heteroatoms. The Balaban J connectivity index is 0.000000118. The summed E-state index contributed by atoms with van der Waals surface area (Å²) >= 11 is 11.5. The number of aromatic nitrogens is 8. The zero-order valence-corrected chi connectivity index (χ0v) is 70.5. The summed E-state index contributed by atoms with van der Waals surface area (Å²) in [6.07, 6.45) is 3.75. The molecule has 0 aliphatic carbocycles. The van der Waals surface area contributed by atoms with E-state index in [-0.39, 0.29) is 28.8 Å². The SMILES string of the molecule is COc1cc2ncnc(Nc3ccc(C)cc3F)c2cc1N1CC2(CN(C)C2)OC1=O.COc1cc2ncnc(Nc3ccc(Cl)cc3F)c2cc1N1CC2(CN(C)C2)OC1=O.COc1cc2ncnc(Nc3ccc(F)c(Cl)c3F)c2cc1N1CC2(CN(C)C2)OC1=O.COc1cc2ncnc(Nc3cccc(C)c3F)c2cc1N1CC2(CN(C)C2)OC1=O. The first kappa shape index (κ1) is 83.9. The fraction of sp³-hybridized carbons (Fsp3) is 0.302.